The lowest BCUT2D eigenvalue weighted by atomic mass is 10.2. The molecule has 0 aliphatic heterocycles. The first-order valence-electron chi connectivity index (χ1n) is 10.6. The molecule has 0 saturated heterocycles. The average Bonchev–Trinajstić information content (AvgIpc) is 2.72. The van der Waals surface area contributed by atoms with E-state index in [0.29, 0.717) is 13.0 Å². The predicted octanol–water partition coefficient (Wildman–Crippen LogP) is 4.74. The molecular weight excluding hydrogens is 372 g/mol. The maximum Gasteiger partial charge on any atom is 0.348 e. The molecule has 0 radical (unpaired) electrons. The second-order valence-electron chi connectivity index (χ2n) is 7.01. The van der Waals surface area contributed by atoms with E-state index in [1.54, 1.807) is 0 Å². The van der Waals surface area contributed by atoms with Crippen molar-refractivity contribution in [2.24, 2.45) is 0 Å². The molecule has 0 amide bonds. The number of unbranched alkanes of at least 4 members (excludes halogenated alkanes) is 5. The summed E-state index contributed by atoms with van der Waals surface area (Å²) in [5.41, 5.74) is 0.812. The zero-order chi connectivity index (χ0) is 21.3. The molecule has 162 valence electrons. The highest BCUT2D eigenvalue weighted by Crippen LogP contribution is 2.11. The lowest BCUT2D eigenvalue weighted by Gasteiger charge is -2.16. The highest BCUT2D eigenvalue weighted by Gasteiger charge is 2.28. The third-order valence-electron chi connectivity index (χ3n) is 4.36. The van der Waals surface area contributed by atoms with Gasteiger partial charge in [-0.3, -0.25) is 9.59 Å². The number of rotatable bonds is 15. The van der Waals surface area contributed by atoms with Gasteiger partial charge in [-0.2, -0.15) is 0 Å². The van der Waals surface area contributed by atoms with Crippen molar-refractivity contribution in [1.82, 2.24) is 0 Å². The van der Waals surface area contributed by atoms with Gasteiger partial charge < -0.3 is 14.2 Å². The van der Waals surface area contributed by atoms with Crippen LogP contribution in [0.2, 0.25) is 0 Å². The molecule has 1 aromatic rings. The molecule has 6 nitrogen and oxygen atoms in total. The van der Waals surface area contributed by atoms with Crippen molar-refractivity contribution in [3.8, 4) is 0 Å². The predicted molar refractivity (Wildman–Crippen MR) is 110 cm³/mol. The quantitative estimate of drug-likeness (QED) is 0.238. The number of carbonyl (C=O) groups is 3. The summed E-state index contributed by atoms with van der Waals surface area (Å²) in [6.45, 7) is 4.49. The van der Waals surface area contributed by atoms with Gasteiger partial charge in [0.2, 0.25) is 6.10 Å². The van der Waals surface area contributed by atoms with Crippen LogP contribution in [0.4, 0.5) is 0 Å². The molecule has 29 heavy (non-hydrogen) atoms. The smallest absolute Gasteiger partial charge is 0.348 e. The number of hydrogen-bond acceptors (Lipinski definition) is 6. The van der Waals surface area contributed by atoms with Crippen LogP contribution in [0.25, 0.3) is 0 Å². The normalized spacial score (nSPS) is 11.5. The highest BCUT2D eigenvalue weighted by atomic mass is 16.6. The van der Waals surface area contributed by atoms with Crippen LogP contribution in [-0.4, -0.2) is 30.6 Å². The zero-order valence-electron chi connectivity index (χ0n) is 17.7. The molecule has 0 spiro atoms. The molecule has 0 bridgehead atoms. The van der Waals surface area contributed by atoms with Gasteiger partial charge in [0.1, 0.15) is 6.61 Å². The molecule has 0 aliphatic rings. The Kier molecular flexibility index (Phi) is 13.2. The Bertz CT molecular complexity index is 599. The van der Waals surface area contributed by atoms with Gasteiger partial charge in [0.05, 0.1) is 13.0 Å². The maximum atomic E-state index is 12.4. The first kappa shape index (κ1) is 24.7. The fourth-order valence-electron chi connectivity index (χ4n) is 2.66. The lowest BCUT2D eigenvalue weighted by molar-refractivity contribution is -0.172. The SMILES string of the molecule is CCCCCCOC(=O)CC(OC(=O)CCCCC)C(=O)OCc1ccccc1. The molecule has 1 atom stereocenters. The van der Waals surface area contributed by atoms with E-state index in [-0.39, 0.29) is 19.4 Å². The van der Waals surface area contributed by atoms with Crippen molar-refractivity contribution in [3.05, 3.63) is 35.9 Å². The molecule has 0 heterocycles. The summed E-state index contributed by atoms with van der Waals surface area (Å²) in [4.78, 5) is 36.5. The zero-order valence-corrected chi connectivity index (χ0v) is 17.7. The maximum absolute atomic E-state index is 12.4. The van der Waals surface area contributed by atoms with Crippen LogP contribution in [0.3, 0.4) is 0 Å². The minimum atomic E-state index is -1.28. The van der Waals surface area contributed by atoms with Crippen molar-refractivity contribution in [2.75, 3.05) is 6.61 Å². The Hall–Kier alpha value is -2.37. The van der Waals surface area contributed by atoms with Crippen LogP contribution in [0, 0.1) is 0 Å². The molecular formula is C23H34O6. The molecule has 1 aromatic carbocycles. The summed E-state index contributed by atoms with van der Waals surface area (Å²) in [5.74, 6) is -1.80. The van der Waals surface area contributed by atoms with Gasteiger partial charge in [0.15, 0.2) is 0 Å². The van der Waals surface area contributed by atoms with Crippen molar-refractivity contribution >= 4 is 17.9 Å². The van der Waals surface area contributed by atoms with E-state index in [2.05, 4.69) is 6.92 Å². The second kappa shape index (κ2) is 15.5. The van der Waals surface area contributed by atoms with E-state index in [1.165, 1.54) is 0 Å². The van der Waals surface area contributed by atoms with Crippen LogP contribution < -0.4 is 0 Å². The van der Waals surface area contributed by atoms with E-state index in [9.17, 15) is 14.4 Å². The molecule has 0 aliphatic carbocycles. The van der Waals surface area contributed by atoms with Gasteiger partial charge in [0.25, 0.3) is 0 Å². The summed E-state index contributed by atoms with van der Waals surface area (Å²) >= 11 is 0. The Labute approximate surface area is 173 Å². The third-order valence-corrected chi connectivity index (χ3v) is 4.36. The molecule has 1 unspecified atom stereocenters. The molecule has 6 heteroatoms. The monoisotopic (exact) mass is 406 g/mol. The molecule has 1 rings (SSSR count). The largest absolute Gasteiger partial charge is 0.466 e. The number of hydrogen-bond donors (Lipinski definition) is 0. The summed E-state index contributed by atoms with van der Waals surface area (Å²) in [7, 11) is 0. The minimum absolute atomic E-state index is 0.0512. The van der Waals surface area contributed by atoms with Gasteiger partial charge in [-0.25, -0.2) is 4.79 Å². The Balaban J connectivity index is 2.55. The Morgan fingerprint density at radius 1 is 0.828 bits per heavy atom. The van der Waals surface area contributed by atoms with Crippen LogP contribution >= 0.6 is 0 Å². The number of benzene rings is 1. The van der Waals surface area contributed by atoms with Gasteiger partial charge in [0, 0.05) is 6.42 Å². The molecule has 0 aromatic heterocycles. The topological polar surface area (TPSA) is 78.9 Å². The summed E-state index contributed by atoms with van der Waals surface area (Å²) < 4.78 is 15.7. The second-order valence-corrected chi connectivity index (χ2v) is 7.01. The Morgan fingerprint density at radius 3 is 2.21 bits per heavy atom. The Morgan fingerprint density at radius 2 is 1.52 bits per heavy atom. The molecule has 0 N–H and O–H groups in total. The van der Waals surface area contributed by atoms with Crippen LogP contribution in [0.15, 0.2) is 30.3 Å². The molecule has 0 saturated carbocycles. The van der Waals surface area contributed by atoms with E-state index in [4.69, 9.17) is 14.2 Å². The van der Waals surface area contributed by atoms with Crippen molar-refractivity contribution in [2.45, 2.75) is 84.3 Å². The first-order chi connectivity index (χ1) is 14.1. The third kappa shape index (κ3) is 11.9. The lowest BCUT2D eigenvalue weighted by Crippen LogP contribution is -2.32. The van der Waals surface area contributed by atoms with Gasteiger partial charge in [-0.15, -0.1) is 0 Å². The minimum Gasteiger partial charge on any atom is -0.466 e. The average molecular weight is 407 g/mol. The van der Waals surface area contributed by atoms with Gasteiger partial charge >= 0.3 is 17.9 Å². The highest BCUT2D eigenvalue weighted by molar-refractivity contribution is 5.84. The van der Waals surface area contributed by atoms with Crippen molar-refractivity contribution in [3.63, 3.8) is 0 Å². The van der Waals surface area contributed by atoms with Gasteiger partial charge in [-0.05, 0) is 18.4 Å². The van der Waals surface area contributed by atoms with Crippen molar-refractivity contribution in [1.29, 1.82) is 0 Å². The number of carbonyl (C=O) groups excluding carboxylic acids is 3. The standard InChI is InChI=1S/C23H34O6/c1-3-5-7-12-16-27-22(25)17-20(29-21(24)15-9-6-4-2)23(26)28-18-19-13-10-8-11-14-19/h8,10-11,13-14,20H,3-7,9,12,15-18H2,1-2H3. The van der Waals surface area contributed by atoms with E-state index in [1.807, 2.05) is 37.3 Å². The van der Waals surface area contributed by atoms with E-state index >= 15 is 0 Å². The summed E-state index contributed by atoms with van der Waals surface area (Å²) in [6.07, 6.45) is 5.09. The fraction of sp³-hybridized carbons (Fsp3) is 0.609. The number of ether oxygens (including phenoxy) is 3. The summed E-state index contributed by atoms with van der Waals surface area (Å²) in [6, 6.07) is 9.19. The number of esters is 3. The van der Waals surface area contributed by atoms with Crippen LogP contribution in [0.5, 0.6) is 0 Å². The molecule has 0 fully saturated rings. The van der Waals surface area contributed by atoms with Crippen molar-refractivity contribution < 1.29 is 28.6 Å². The first-order valence-corrected chi connectivity index (χ1v) is 10.6. The fourth-order valence-corrected chi connectivity index (χ4v) is 2.66. The van der Waals surface area contributed by atoms with Crippen LogP contribution in [-0.2, 0) is 35.2 Å². The van der Waals surface area contributed by atoms with Crippen LogP contribution in [0.1, 0.15) is 77.2 Å². The van der Waals surface area contributed by atoms with E-state index < -0.39 is 24.0 Å². The van der Waals surface area contributed by atoms with Gasteiger partial charge in [-0.1, -0.05) is 76.3 Å². The summed E-state index contributed by atoms with van der Waals surface area (Å²) in [5, 5.41) is 0. The van der Waals surface area contributed by atoms with E-state index in [0.717, 1.165) is 44.1 Å².